The Morgan fingerprint density at radius 1 is 1.11 bits per heavy atom. The van der Waals surface area contributed by atoms with Gasteiger partial charge in [0.15, 0.2) is 11.2 Å². The van der Waals surface area contributed by atoms with Crippen LogP contribution in [0.3, 0.4) is 0 Å². The molecule has 6 rings (SSSR count). The number of imidazole rings is 1. The van der Waals surface area contributed by atoms with Gasteiger partial charge in [-0.15, -0.1) is 0 Å². The third-order valence-electron chi connectivity index (χ3n) is 6.86. The van der Waals surface area contributed by atoms with Crippen molar-refractivity contribution in [1.82, 2.24) is 14.5 Å². The monoisotopic (exact) mass is 551 g/mol. The molecule has 0 saturated carbocycles. The van der Waals surface area contributed by atoms with Gasteiger partial charge in [0.2, 0.25) is 0 Å². The summed E-state index contributed by atoms with van der Waals surface area (Å²) in [6.45, 7) is 3.86. The number of pyridine rings is 1. The van der Waals surface area contributed by atoms with Gasteiger partial charge < -0.3 is 14.6 Å². The van der Waals surface area contributed by atoms with Gasteiger partial charge in [0, 0.05) is 40.4 Å². The van der Waals surface area contributed by atoms with Gasteiger partial charge in [0.25, 0.3) is 11.8 Å². The number of carbonyl (C=O) groups excluding carboxylic acids is 2. The number of methoxy groups -OCH3 is 1. The van der Waals surface area contributed by atoms with Crippen molar-refractivity contribution in [3.05, 3.63) is 87.7 Å². The SMILES string of the molecule is COc1ccncc1-c1nc2c(n1C(C)C)[C@]1(C(=O)Nc3cc(Cl)ccc31)N(c1ccc(F)c(Cl)c1)C2=O. The number of anilines is 2. The molecule has 0 radical (unpaired) electrons. The third kappa shape index (κ3) is 3.15. The fraction of sp³-hybridized carbons (Fsp3) is 0.185. The molecule has 2 aliphatic heterocycles. The Labute approximate surface area is 227 Å². The molecule has 4 heterocycles. The van der Waals surface area contributed by atoms with Gasteiger partial charge in [-0.3, -0.25) is 19.5 Å². The van der Waals surface area contributed by atoms with E-state index in [1.54, 1.807) is 36.7 Å². The molecule has 0 unspecified atom stereocenters. The second-order valence-corrected chi connectivity index (χ2v) is 10.1. The standard InChI is InChI=1S/C27H20Cl2FN5O3/c1-13(2)34-23-22(33-24(34)16-12-31-9-8-21(16)38-3)25(36)35(15-5-7-19(30)18(29)11-15)27(23)17-6-4-14(28)10-20(17)32-26(27)37/h4-13H,1-3H3,(H,32,37)/t27-/m1/s1. The summed E-state index contributed by atoms with van der Waals surface area (Å²) >= 11 is 12.4. The van der Waals surface area contributed by atoms with Crippen LogP contribution in [0.1, 0.15) is 41.6 Å². The Balaban J connectivity index is 1.73. The van der Waals surface area contributed by atoms with E-state index in [0.29, 0.717) is 39.1 Å². The minimum absolute atomic E-state index is 0.0815. The number of aromatic nitrogens is 3. The van der Waals surface area contributed by atoms with E-state index in [-0.39, 0.29) is 22.4 Å². The highest BCUT2D eigenvalue weighted by atomic mass is 35.5. The number of halogens is 3. The molecule has 2 amide bonds. The summed E-state index contributed by atoms with van der Waals surface area (Å²) in [6.07, 6.45) is 3.20. The van der Waals surface area contributed by atoms with Crippen LogP contribution in [-0.4, -0.2) is 33.5 Å². The van der Waals surface area contributed by atoms with Crippen LogP contribution < -0.4 is 15.0 Å². The van der Waals surface area contributed by atoms with Gasteiger partial charge in [0.05, 0.1) is 23.4 Å². The molecule has 2 aliphatic rings. The molecule has 2 aromatic heterocycles. The summed E-state index contributed by atoms with van der Waals surface area (Å²) in [5, 5.41) is 3.13. The molecule has 0 bridgehead atoms. The number of amides is 2. The summed E-state index contributed by atoms with van der Waals surface area (Å²) in [7, 11) is 1.53. The highest BCUT2D eigenvalue weighted by Gasteiger charge is 2.64. The van der Waals surface area contributed by atoms with Gasteiger partial charge >= 0.3 is 0 Å². The Morgan fingerprint density at radius 2 is 1.89 bits per heavy atom. The lowest BCUT2D eigenvalue weighted by molar-refractivity contribution is -0.119. The van der Waals surface area contributed by atoms with E-state index in [0.717, 1.165) is 6.07 Å². The number of rotatable bonds is 4. The van der Waals surface area contributed by atoms with Gasteiger partial charge in [-0.25, -0.2) is 9.37 Å². The maximum absolute atomic E-state index is 14.2. The summed E-state index contributed by atoms with van der Waals surface area (Å²) in [5.74, 6) is -0.725. The van der Waals surface area contributed by atoms with Gasteiger partial charge in [-0.05, 0) is 50.2 Å². The first-order valence-electron chi connectivity index (χ1n) is 11.7. The molecular formula is C27H20Cl2FN5O3. The number of nitrogens with one attached hydrogen (secondary N) is 1. The molecule has 2 aromatic carbocycles. The lowest BCUT2D eigenvalue weighted by atomic mass is 9.87. The van der Waals surface area contributed by atoms with Crippen molar-refractivity contribution in [2.75, 3.05) is 17.3 Å². The van der Waals surface area contributed by atoms with E-state index in [9.17, 15) is 14.0 Å². The molecule has 1 spiro atoms. The quantitative estimate of drug-likeness (QED) is 0.344. The minimum atomic E-state index is -1.67. The van der Waals surface area contributed by atoms with Crippen molar-refractivity contribution >= 4 is 46.4 Å². The predicted molar refractivity (Wildman–Crippen MR) is 141 cm³/mol. The first-order chi connectivity index (χ1) is 18.2. The topological polar surface area (TPSA) is 89.3 Å². The summed E-state index contributed by atoms with van der Waals surface area (Å²) in [5.41, 5.74) is 0.554. The third-order valence-corrected chi connectivity index (χ3v) is 7.39. The molecule has 8 nitrogen and oxygen atoms in total. The minimum Gasteiger partial charge on any atom is -0.496 e. The molecule has 38 heavy (non-hydrogen) atoms. The number of ether oxygens (including phenoxy) is 1. The van der Waals surface area contributed by atoms with Crippen LogP contribution in [0.5, 0.6) is 5.75 Å². The van der Waals surface area contributed by atoms with Crippen LogP contribution >= 0.6 is 23.2 Å². The Hall–Kier alpha value is -3.95. The highest BCUT2D eigenvalue weighted by molar-refractivity contribution is 6.32. The average Bonchev–Trinajstić information content (AvgIpc) is 3.49. The molecule has 0 saturated heterocycles. The molecule has 1 N–H and O–H groups in total. The van der Waals surface area contributed by atoms with Gasteiger partial charge in [-0.2, -0.15) is 0 Å². The van der Waals surface area contributed by atoms with Crippen LogP contribution in [0.15, 0.2) is 54.9 Å². The zero-order valence-corrected chi connectivity index (χ0v) is 21.9. The lowest BCUT2D eigenvalue weighted by Crippen LogP contribution is -2.51. The Bertz CT molecular complexity index is 1670. The molecule has 11 heteroatoms. The van der Waals surface area contributed by atoms with E-state index in [2.05, 4.69) is 10.3 Å². The van der Waals surface area contributed by atoms with Crippen LogP contribution in [-0.2, 0) is 10.3 Å². The average molecular weight is 552 g/mol. The van der Waals surface area contributed by atoms with Crippen LogP contribution in [0.4, 0.5) is 15.8 Å². The van der Waals surface area contributed by atoms with Crippen LogP contribution in [0.25, 0.3) is 11.4 Å². The zero-order valence-electron chi connectivity index (χ0n) is 20.4. The maximum Gasteiger partial charge on any atom is 0.280 e. The van der Waals surface area contributed by atoms with Crippen molar-refractivity contribution in [1.29, 1.82) is 0 Å². The van der Waals surface area contributed by atoms with Crippen molar-refractivity contribution < 1.29 is 18.7 Å². The summed E-state index contributed by atoms with van der Waals surface area (Å²) < 4.78 is 21.5. The second-order valence-electron chi connectivity index (χ2n) is 9.27. The van der Waals surface area contributed by atoms with Gasteiger partial charge in [0.1, 0.15) is 17.4 Å². The van der Waals surface area contributed by atoms with Crippen molar-refractivity contribution in [2.45, 2.75) is 25.4 Å². The first-order valence-corrected chi connectivity index (χ1v) is 12.5. The van der Waals surface area contributed by atoms with Crippen molar-refractivity contribution in [3.8, 4) is 17.1 Å². The molecule has 4 aromatic rings. The second kappa shape index (κ2) is 8.54. The van der Waals surface area contributed by atoms with Crippen LogP contribution in [0, 0.1) is 5.82 Å². The Kier molecular flexibility index (Phi) is 5.48. The van der Waals surface area contributed by atoms with Crippen LogP contribution in [0.2, 0.25) is 10.0 Å². The predicted octanol–water partition coefficient (Wildman–Crippen LogP) is 5.84. The summed E-state index contributed by atoms with van der Waals surface area (Å²) in [6, 6.07) is 10.4. The van der Waals surface area contributed by atoms with Crippen molar-refractivity contribution in [3.63, 3.8) is 0 Å². The summed E-state index contributed by atoms with van der Waals surface area (Å²) in [4.78, 5) is 38.7. The van der Waals surface area contributed by atoms with E-state index in [1.165, 1.54) is 24.1 Å². The molecule has 0 aliphatic carbocycles. The number of hydrogen-bond donors (Lipinski definition) is 1. The molecule has 192 valence electrons. The molecule has 0 fully saturated rings. The number of hydrogen-bond acceptors (Lipinski definition) is 5. The van der Waals surface area contributed by atoms with E-state index in [4.69, 9.17) is 32.9 Å². The first kappa shape index (κ1) is 24.4. The van der Waals surface area contributed by atoms with Gasteiger partial charge in [-0.1, -0.05) is 29.3 Å². The largest absolute Gasteiger partial charge is 0.496 e. The van der Waals surface area contributed by atoms with E-state index in [1.807, 2.05) is 18.4 Å². The number of benzene rings is 2. The number of carbonyl (C=O) groups is 2. The maximum atomic E-state index is 14.2. The van der Waals surface area contributed by atoms with Crippen molar-refractivity contribution in [2.24, 2.45) is 0 Å². The molecular weight excluding hydrogens is 532 g/mol. The van der Waals surface area contributed by atoms with E-state index < -0.39 is 23.2 Å². The zero-order chi connectivity index (χ0) is 26.9. The van der Waals surface area contributed by atoms with E-state index >= 15 is 0 Å². The molecule has 1 atom stereocenters. The fourth-order valence-electron chi connectivity index (χ4n) is 5.37. The normalized spacial score (nSPS) is 17.8. The smallest absolute Gasteiger partial charge is 0.280 e. The fourth-order valence-corrected chi connectivity index (χ4v) is 5.72. The Morgan fingerprint density at radius 3 is 2.61 bits per heavy atom. The lowest BCUT2D eigenvalue weighted by Gasteiger charge is -2.35. The number of fused-ring (bicyclic) bond motifs is 4. The number of nitrogens with zero attached hydrogens (tertiary/aromatic N) is 4. The highest BCUT2D eigenvalue weighted by Crippen LogP contribution is 2.54.